The van der Waals surface area contributed by atoms with Gasteiger partial charge in [0.25, 0.3) is 0 Å². The van der Waals surface area contributed by atoms with Crippen molar-refractivity contribution in [3.8, 4) is 11.4 Å². The summed E-state index contributed by atoms with van der Waals surface area (Å²) in [7, 11) is 0. The number of piperidine rings is 1. The van der Waals surface area contributed by atoms with E-state index in [1.165, 1.54) is 12.5 Å². The molecule has 3 heterocycles. The summed E-state index contributed by atoms with van der Waals surface area (Å²) in [4.78, 5) is 26.7. The third-order valence-corrected chi connectivity index (χ3v) is 6.85. The Balaban J connectivity index is 1.19. The highest BCUT2D eigenvalue weighted by molar-refractivity contribution is 5.89. The normalized spacial score (nSPS) is 14.7. The zero-order chi connectivity index (χ0) is 26.9. The summed E-state index contributed by atoms with van der Waals surface area (Å²) in [5, 5.41) is 7.09. The van der Waals surface area contributed by atoms with Crippen LogP contribution in [0.25, 0.3) is 28.5 Å². The minimum absolute atomic E-state index is 0.0508. The Labute approximate surface area is 229 Å². The molecule has 0 aliphatic carbocycles. The lowest BCUT2D eigenvalue weighted by Crippen LogP contribution is -2.37. The van der Waals surface area contributed by atoms with Crippen LogP contribution in [0.15, 0.2) is 72.8 Å². The molecule has 4 aromatic rings. The minimum atomic E-state index is -0.0508. The van der Waals surface area contributed by atoms with Crippen LogP contribution in [0.2, 0.25) is 0 Å². The number of aromatic amines is 1. The van der Waals surface area contributed by atoms with Gasteiger partial charge in [-0.25, -0.2) is 9.97 Å². The second kappa shape index (κ2) is 13.2. The lowest BCUT2D eigenvalue weighted by Gasteiger charge is -2.31. The molecule has 1 aliphatic heterocycles. The van der Waals surface area contributed by atoms with Crippen molar-refractivity contribution in [3.63, 3.8) is 0 Å². The first-order valence-electron chi connectivity index (χ1n) is 13.6. The van der Waals surface area contributed by atoms with E-state index in [-0.39, 0.29) is 12.0 Å². The summed E-state index contributed by atoms with van der Waals surface area (Å²) in [5.41, 5.74) is 3.93. The molecule has 0 atom stereocenters. The molecule has 8 nitrogen and oxygen atoms in total. The molecule has 0 unspecified atom stereocenters. The summed E-state index contributed by atoms with van der Waals surface area (Å²) < 4.78 is 6.31. The van der Waals surface area contributed by atoms with Crippen molar-refractivity contribution in [2.75, 3.05) is 38.0 Å². The average molecular weight is 525 g/mol. The van der Waals surface area contributed by atoms with Gasteiger partial charge in [0.1, 0.15) is 11.5 Å². The van der Waals surface area contributed by atoms with Gasteiger partial charge in [0.15, 0.2) is 5.82 Å². The first kappa shape index (κ1) is 26.6. The molecule has 1 fully saturated rings. The van der Waals surface area contributed by atoms with Crippen molar-refractivity contribution in [2.24, 2.45) is 0 Å². The van der Waals surface area contributed by atoms with Gasteiger partial charge in [-0.15, -0.1) is 0 Å². The lowest BCUT2D eigenvalue weighted by atomic mass is 10.1. The smallest absolute Gasteiger partial charge is 0.216 e. The fourth-order valence-corrected chi connectivity index (χ4v) is 4.78. The Morgan fingerprint density at radius 2 is 1.79 bits per heavy atom. The fraction of sp³-hybridized carbons (Fsp3) is 0.323. The molecule has 0 spiro atoms. The maximum Gasteiger partial charge on any atom is 0.216 e. The highest BCUT2D eigenvalue weighted by atomic mass is 16.5. The molecule has 1 aliphatic rings. The number of carbonyl (C=O) groups excluding carboxylic acids is 1. The maximum absolute atomic E-state index is 11.2. The van der Waals surface area contributed by atoms with Crippen LogP contribution < -0.4 is 10.6 Å². The first-order chi connectivity index (χ1) is 19.1. The zero-order valence-corrected chi connectivity index (χ0v) is 22.4. The molecule has 1 amide bonds. The Hall–Kier alpha value is -4.01. The van der Waals surface area contributed by atoms with E-state index >= 15 is 0 Å². The molecule has 0 radical (unpaired) electrons. The predicted octanol–water partition coefficient (Wildman–Crippen LogP) is 4.87. The average Bonchev–Trinajstić information content (AvgIpc) is 3.39. The molecule has 202 valence electrons. The van der Waals surface area contributed by atoms with Crippen LogP contribution in [0.5, 0.6) is 0 Å². The van der Waals surface area contributed by atoms with Crippen LogP contribution in [0.1, 0.15) is 31.0 Å². The van der Waals surface area contributed by atoms with Crippen molar-refractivity contribution in [1.29, 1.82) is 0 Å². The van der Waals surface area contributed by atoms with Gasteiger partial charge in [-0.2, -0.15) is 0 Å². The second-order valence-corrected chi connectivity index (χ2v) is 9.85. The monoisotopic (exact) mass is 524 g/mol. The van der Waals surface area contributed by atoms with Crippen LogP contribution in [0, 0.1) is 0 Å². The molecule has 39 heavy (non-hydrogen) atoms. The number of rotatable bonds is 11. The molecule has 1 saturated heterocycles. The number of anilines is 1. The van der Waals surface area contributed by atoms with Crippen molar-refractivity contribution >= 4 is 28.8 Å². The van der Waals surface area contributed by atoms with E-state index < -0.39 is 0 Å². The molecule has 3 N–H and O–H groups in total. The summed E-state index contributed by atoms with van der Waals surface area (Å²) in [6.45, 7) is 6.13. The van der Waals surface area contributed by atoms with Crippen molar-refractivity contribution in [3.05, 3.63) is 84.1 Å². The Morgan fingerprint density at radius 3 is 2.54 bits per heavy atom. The van der Waals surface area contributed by atoms with Crippen molar-refractivity contribution in [2.45, 2.75) is 32.5 Å². The van der Waals surface area contributed by atoms with E-state index in [0.29, 0.717) is 25.5 Å². The summed E-state index contributed by atoms with van der Waals surface area (Å²) >= 11 is 0. The highest BCUT2D eigenvalue weighted by Crippen LogP contribution is 2.26. The van der Waals surface area contributed by atoms with Crippen LogP contribution in [0.3, 0.4) is 0 Å². The number of amides is 1. The topological polar surface area (TPSA) is 95.2 Å². The number of hydrogen-bond acceptors (Lipinski definition) is 6. The van der Waals surface area contributed by atoms with Crippen molar-refractivity contribution < 1.29 is 9.53 Å². The van der Waals surface area contributed by atoms with Crippen LogP contribution in [0.4, 0.5) is 5.82 Å². The SMILES string of the molecule is CC(=O)NCCNc1nc(-c2ccccc2)nc2[nH]c(COC3CCN(C/C=C/c4ccccc4)CC3)cc12. The van der Waals surface area contributed by atoms with E-state index in [9.17, 15) is 4.79 Å². The third-order valence-electron chi connectivity index (χ3n) is 6.85. The lowest BCUT2D eigenvalue weighted by molar-refractivity contribution is -0.118. The van der Waals surface area contributed by atoms with E-state index in [1.807, 2.05) is 36.4 Å². The van der Waals surface area contributed by atoms with E-state index in [4.69, 9.17) is 14.7 Å². The van der Waals surface area contributed by atoms with E-state index in [0.717, 1.165) is 60.6 Å². The number of fused-ring (bicyclic) bond motifs is 1. The maximum atomic E-state index is 11.2. The number of nitrogens with zero attached hydrogens (tertiary/aromatic N) is 3. The quantitative estimate of drug-likeness (QED) is 0.243. The molecular weight excluding hydrogens is 488 g/mol. The van der Waals surface area contributed by atoms with Gasteiger partial charge in [0, 0.05) is 50.9 Å². The number of benzene rings is 2. The highest BCUT2D eigenvalue weighted by Gasteiger charge is 2.20. The van der Waals surface area contributed by atoms with Gasteiger partial charge in [0.2, 0.25) is 5.91 Å². The van der Waals surface area contributed by atoms with Gasteiger partial charge in [-0.05, 0) is 24.5 Å². The Bertz CT molecular complexity index is 1380. The van der Waals surface area contributed by atoms with Crippen molar-refractivity contribution in [1.82, 2.24) is 25.2 Å². The molecule has 5 rings (SSSR count). The van der Waals surface area contributed by atoms with E-state index in [1.54, 1.807) is 0 Å². The largest absolute Gasteiger partial charge is 0.372 e. The number of carbonyl (C=O) groups is 1. The van der Waals surface area contributed by atoms with Gasteiger partial charge in [-0.1, -0.05) is 72.8 Å². The molecule has 0 saturated carbocycles. The molecule has 2 aromatic heterocycles. The van der Waals surface area contributed by atoms with Gasteiger partial charge in [-0.3, -0.25) is 9.69 Å². The fourth-order valence-electron chi connectivity index (χ4n) is 4.78. The number of ether oxygens (including phenoxy) is 1. The second-order valence-electron chi connectivity index (χ2n) is 9.85. The molecule has 0 bridgehead atoms. The molecule has 8 heteroatoms. The molecule has 2 aromatic carbocycles. The van der Waals surface area contributed by atoms with E-state index in [2.05, 4.69) is 63.0 Å². The number of nitrogens with one attached hydrogen (secondary N) is 3. The summed E-state index contributed by atoms with van der Waals surface area (Å²) in [5.74, 6) is 1.34. The van der Waals surface area contributed by atoms with Gasteiger partial charge in [0.05, 0.1) is 18.1 Å². The third kappa shape index (κ3) is 7.52. The van der Waals surface area contributed by atoms with Crippen LogP contribution in [-0.2, 0) is 16.1 Å². The number of H-pyrrole nitrogens is 1. The Morgan fingerprint density at radius 1 is 1.05 bits per heavy atom. The number of likely N-dealkylation sites (tertiary alicyclic amines) is 1. The number of hydrogen-bond donors (Lipinski definition) is 3. The van der Waals surface area contributed by atoms with Crippen LogP contribution >= 0.6 is 0 Å². The minimum Gasteiger partial charge on any atom is -0.372 e. The van der Waals surface area contributed by atoms with Gasteiger partial charge < -0.3 is 20.4 Å². The standard InChI is InChI=1S/C31H36N6O2/c1-23(38)32-16-17-33-30-28-21-26(34-31(28)36-29(35-30)25-12-6-3-7-13-25)22-39-27-14-19-37(20-15-27)18-8-11-24-9-4-2-5-10-24/h2-13,21,27H,14-20,22H2,1H3,(H,32,38)(H2,33,34,35,36)/b11-8+. The summed E-state index contributed by atoms with van der Waals surface area (Å²) in [6.07, 6.45) is 6.72. The molecular formula is C31H36N6O2. The van der Waals surface area contributed by atoms with Gasteiger partial charge >= 0.3 is 0 Å². The first-order valence-corrected chi connectivity index (χ1v) is 13.6. The number of aromatic nitrogens is 3. The zero-order valence-electron chi connectivity index (χ0n) is 22.4. The van der Waals surface area contributed by atoms with Crippen LogP contribution in [-0.4, -0.2) is 64.6 Å². The summed E-state index contributed by atoms with van der Waals surface area (Å²) in [6, 6.07) is 22.4. The predicted molar refractivity (Wildman–Crippen MR) is 156 cm³/mol. The Kier molecular flexibility index (Phi) is 8.98.